The number of ether oxygens (including phenoxy) is 1. The lowest BCUT2D eigenvalue weighted by molar-refractivity contribution is 0.301. The second-order valence-corrected chi connectivity index (χ2v) is 5.17. The summed E-state index contributed by atoms with van der Waals surface area (Å²) in [5.41, 5.74) is 1.68. The van der Waals surface area contributed by atoms with E-state index in [2.05, 4.69) is 10.3 Å². The summed E-state index contributed by atoms with van der Waals surface area (Å²) in [6.07, 6.45) is 0. The Hall–Kier alpha value is -1.45. The van der Waals surface area contributed by atoms with Crippen LogP contribution in [0.1, 0.15) is 18.2 Å². The van der Waals surface area contributed by atoms with Gasteiger partial charge in [-0.2, -0.15) is 0 Å². The first kappa shape index (κ1) is 14.9. The molecule has 0 bridgehead atoms. The predicted molar refractivity (Wildman–Crippen MR) is 83.9 cm³/mol. The van der Waals surface area contributed by atoms with Crippen molar-refractivity contribution in [1.82, 2.24) is 4.98 Å². The highest BCUT2D eigenvalue weighted by molar-refractivity contribution is 6.31. The third-order valence-corrected chi connectivity index (χ3v) is 3.55. The molecule has 2 rings (SSSR count). The number of pyridine rings is 1. The van der Waals surface area contributed by atoms with E-state index in [0.717, 1.165) is 28.7 Å². The first-order valence-electron chi connectivity index (χ1n) is 6.38. The lowest BCUT2D eigenvalue weighted by Gasteiger charge is -2.10. The number of aryl methyl sites for hydroxylation is 1. The van der Waals surface area contributed by atoms with Crippen LogP contribution in [0.4, 0.5) is 5.82 Å². The normalized spacial score (nSPS) is 10.4. The molecule has 0 unspecified atom stereocenters. The topological polar surface area (TPSA) is 34.1 Å². The molecule has 0 saturated heterocycles. The lowest BCUT2D eigenvalue weighted by atomic mass is 10.2. The van der Waals surface area contributed by atoms with Crippen LogP contribution in [0.25, 0.3) is 0 Å². The van der Waals surface area contributed by atoms with Gasteiger partial charge in [0.05, 0.1) is 10.7 Å². The van der Waals surface area contributed by atoms with Crippen molar-refractivity contribution in [1.29, 1.82) is 0 Å². The first-order chi connectivity index (χ1) is 9.60. The van der Waals surface area contributed by atoms with Crippen molar-refractivity contribution in [3.05, 3.63) is 51.6 Å². The maximum Gasteiger partial charge on any atom is 0.132 e. The molecule has 5 heteroatoms. The van der Waals surface area contributed by atoms with E-state index in [-0.39, 0.29) is 0 Å². The minimum Gasteiger partial charge on any atom is -0.487 e. The summed E-state index contributed by atoms with van der Waals surface area (Å²) in [5.74, 6) is 1.54. The summed E-state index contributed by atoms with van der Waals surface area (Å²) in [6, 6.07) is 9.21. The van der Waals surface area contributed by atoms with Crippen LogP contribution < -0.4 is 10.1 Å². The van der Waals surface area contributed by atoms with Crippen LogP contribution in [-0.4, -0.2) is 11.5 Å². The number of nitrogens with one attached hydrogen (secondary N) is 1. The van der Waals surface area contributed by atoms with Gasteiger partial charge in [0.15, 0.2) is 0 Å². The van der Waals surface area contributed by atoms with Crippen LogP contribution in [0.2, 0.25) is 10.0 Å². The van der Waals surface area contributed by atoms with Gasteiger partial charge in [-0.25, -0.2) is 4.98 Å². The average molecular weight is 311 g/mol. The van der Waals surface area contributed by atoms with Crippen LogP contribution in [0.3, 0.4) is 0 Å². The highest BCUT2D eigenvalue weighted by atomic mass is 35.5. The zero-order valence-corrected chi connectivity index (χ0v) is 12.9. The molecule has 0 saturated carbocycles. The monoisotopic (exact) mass is 310 g/mol. The van der Waals surface area contributed by atoms with Crippen molar-refractivity contribution in [3.8, 4) is 5.75 Å². The van der Waals surface area contributed by atoms with Crippen molar-refractivity contribution in [3.63, 3.8) is 0 Å². The minimum absolute atomic E-state index is 0.319. The zero-order chi connectivity index (χ0) is 14.5. The summed E-state index contributed by atoms with van der Waals surface area (Å²) < 4.78 is 5.71. The van der Waals surface area contributed by atoms with E-state index in [1.54, 1.807) is 0 Å². The Morgan fingerprint density at radius 2 is 1.90 bits per heavy atom. The van der Waals surface area contributed by atoms with Gasteiger partial charge in [-0.1, -0.05) is 23.2 Å². The van der Waals surface area contributed by atoms with Crippen LogP contribution in [0.15, 0.2) is 30.3 Å². The molecule has 106 valence electrons. The summed E-state index contributed by atoms with van der Waals surface area (Å²) in [4.78, 5) is 4.42. The third kappa shape index (κ3) is 3.78. The van der Waals surface area contributed by atoms with Gasteiger partial charge in [0.25, 0.3) is 0 Å². The summed E-state index contributed by atoms with van der Waals surface area (Å²) in [7, 11) is 0. The fourth-order valence-corrected chi connectivity index (χ4v) is 2.00. The molecule has 3 nitrogen and oxygen atoms in total. The highest BCUT2D eigenvalue weighted by Gasteiger charge is 2.06. The van der Waals surface area contributed by atoms with E-state index in [9.17, 15) is 0 Å². The average Bonchev–Trinajstić information content (AvgIpc) is 2.43. The molecule has 0 spiro atoms. The van der Waals surface area contributed by atoms with Gasteiger partial charge in [0, 0.05) is 11.6 Å². The molecule has 0 radical (unpaired) electrons. The van der Waals surface area contributed by atoms with Crippen molar-refractivity contribution >= 4 is 29.0 Å². The summed E-state index contributed by atoms with van der Waals surface area (Å²) in [6.45, 7) is 5.08. The number of hydrogen-bond donors (Lipinski definition) is 1. The maximum atomic E-state index is 6.13. The summed E-state index contributed by atoms with van der Waals surface area (Å²) in [5, 5.41) is 4.47. The van der Waals surface area contributed by atoms with Crippen molar-refractivity contribution in [2.45, 2.75) is 20.5 Å². The molecule has 0 atom stereocenters. The number of halogens is 2. The Bertz CT molecular complexity index is 602. The molecule has 0 amide bonds. The Balaban J connectivity index is 2.09. The lowest BCUT2D eigenvalue weighted by Crippen LogP contribution is -2.04. The standard InChI is InChI=1S/C15H16Cl2N2O/c1-3-18-15-7-6-13(17)14(19-15)9-20-11-4-5-12(16)10(2)8-11/h4-8H,3,9H2,1-2H3,(H,18,19). The Kier molecular flexibility index (Phi) is 5.10. The number of benzene rings is 1. The van der Waals surface area contributed by atoms with Crippen LogP contribution >= 0.6 is 23.2 Å². The number of hydrogen-bond acceptors (Lipinski definition) is 3. The number of aromatic nitrogens is 1. The number of nitrogens with zero attached hydrogens (tertiary/aromatic N) is 1. The van der Waals surface area contributed by atoms with E-state index < -0.39 is 0 Å². The molecular weight excluding hydrogens is 295 g/mol. The van der Waals surface area contributed by atoms with E-state index in [1.807, 2.05) is 44.2 Å². The molecule has 0 aliphatic heterocycles. The third-order valence-electron chi connectivity index (χ3n) is 2.78. The molecule has 1 heterocycles. The fourth-order valence-electron chi connectivity index (χ4n) is 1.72. The van der Waals surface area contributed by atoms with Gasteiger partial charge in [-0.3, -0.25) is 0 Å². The molecule has 1 N–H and O–H groups in total. The largest absolute Gasteiger partial charge is 0.487 e. The molecule has 1 aromatic carbocycles. The Morgan fingerprint density at radius 3 is 2.60 bits per heavy atom. The van der Waals surface area contributed by atoms with Crippen molar-refractivity contribution < 1.29 is 4.74 Å². The first-order valence-corrected chi connectivity index (χ1v) is 7.14. The van der Waals surface area contributed by atoms with E-state index in [4.69, 9.17) is 27.9 Å². The van der Waals surface area contributed by atoms with Crippen LogP contribution in [-0.2, 0) is 6.61 Å². The van der Waals surface area contributed by atoms with Crippen LogP contribution in [0.5, 0.6) is 5.75 Å². The van der Waals surface area contributed by atoms with Gasteiger partial charge in [0.1, 0.15) is 18.2 Å². The molecule has 1 aromatic heterocycles. The Labute approximate surface area is 128 Å². The van der Waals surface area contributed by atoms with E-state index in [1.165, 1.54) is 0 Å². The van der Waals surface area contributed by atoms with E-state index >= 15 is 0 Å². The van der Waals surface area contributed by atoms with Gasteiger partial charge < -0.3 is 10.1 Å². The summed E-state index contributed by atoms with van der Waals surface area (Å²) >= 11 is 12.1. The van der Waals surface area contributed by atoms with Gasteiger partial charge in [-0.05, 0) is 49.7 Å². The quantitative estimate of drug-likeness (QED) is 0.868. The zero-order valence-electron chi connectivity index (χ0n) is 11.4. The van der Waals surface area contributed by atoms with Crippen molar-refractivity contribution in [2.24, 2.45) is 0 Å². The van der Waals surface area contributed by atoms with Gasteiger partial charge in [0.2, 0.25) is 0 Å². The smallest absolute Gasteiger partial charge is 0.132 e. The molecule has 20 heavy (non-hydrogen) atoms. The van der Waals surface area contributed by atoms with Crippen molar-refractivity contribution in [2.75, 3.05) is 11.9 Å². The van der Waals surface area contributed by atoms with Gasteiger partial charge in [-0.15, -0.1) is 0 Å². The minimum atomic E-state index is 0.319. The molecule has 0 fully saturated rings. The molecule has 2 aromatic rings. The SMILES string of the molecule is CCNc1ccc(Cl)c(COc2ccc(Cl)c(C)c2)n1. The molecule has 0 aliphatic rings. The maximum absolute atomic E-state index is 6.13. The number of rotatable bonds is 5. The van der Waals surface area contributed by atoms with Crippen LogP contribution in [0, 0.1) is 6.92 Å². The second kappa shape index (κ2) is 6.82. The number of anilines is 1. The molecule has 0 aliphatic carbocycles. The predicted octanol–water partition coefficient (Wildman–Crippen LogP) is 4.71. The van der Waals surface area contributed by atoms with Gasteiger partial charge >= 0.3 is 0 Å². The molecular formula is C15H16Cl2N2O. The van der Waals surface area contributed by atoms with E-state index in [0.29, 0.717) is 17.3 Å². The highest BCUT2D eigenvalue weighted by Crippen LogP contribution is 2.23. The second-order valence-electron chi connectivity index (χ2n) is 4.36. The fraction of sp³-hybridized carbons (Fsp3) is 0.267. The Morgan fingerprint density at radius 1 is 1.15 bits per heavy atom.